The van der Waals surface area contributed by atoms with Gasteiger partial charge in [-0.2, -0.15) is 0 Å². The number of hydrogen-bond donors (Lipinski definition) is 0. The van der Waals surface area contributed by atoms with Crippen molar-refractivity contribution in [1.29, 1.82) is 0 Å². The van der Waals surface area contributed by atoms with E-state index in [9.17, 15) is 0 Å². The molecule has 22 aromatic rings. The van der Waals surface area contributed by atoms with E-state index in [2.05, 4.69) is 557 Å². The van der Waals surface area contributed by atoms with Gasteiger partial charge in [0.05, 0.1) is 22.7 Å². The van der Waals surface area contributed by atoms with Crippen LogP contribution in [0.2, 0.25) is 0 Å². The third-order valence-electron chi connectivity index (χ3n) is 26.2. The van der Waals surface area contributed by atoms with E-state index in [1.165, 1.54) is 133 Å². The van der Waals surface area contributed by atoms with Crippen molar-refractivity contribution in [3.8, 4) is 89.0 Å². The number of nitrogens with zero attached hydrogens (tertiary/aromatic N) is 4. The third-order valence-corrected chi connectivity index (χ3v) is 26.2. The Balaban J connectivity index is 0.000000161. The maximum Gasteiger partial charge on any atom is 0.0788 e. The molecule has 0 aliphatic carbocycles. The van der Waals surface area contributed by atoms with Gasteiger partial charge >= 0.3 is 0 Å². The molecule has 640 valence electrons. The summed E-state index contributed by atoms with van der Waals surface area (Å²) in [6.07, 6.45) is 2.04. The summed E-state index contributed by atoms with van der Waals surface area (Å²) in [7, 11) is 0. The number of rotatable bonds is 22. The quantitative estimate of drug-likeness (QED) is 0.0495. The second kappa shape index (κ2) is 38.0. The minimum absolute atomic E-state index is 1.02. The first-order chi connectivity index (χ1) is 66.2. The highest BCUT2D eigenvalue weighted by Crippen LogP contribution is 2.57. The van der Waals surface area contributed by atoms with Crippen molar-refractivity contribution >= 4 is 111 Å². The van der Waals surface area contributed by atoms with E-state index < -0.39 is 0 Å². The standard InChI is InChI=1S/C68H56N2.C62H44N2/c1-5-49-19-27-53(28-20-49)57-35-43-61(44-36-57)70(62-45-37-58(38-46-62)54-29-21-50(6-2)22-30-54)68-66-14-10-8-12-64(66)63-11-7-9-13-65(63)67(68)69(59-39-31-55(32-40-59)51-23-15-47(3)16-24-51)60-41-33-56(34-42-60)52-25-17-48(4)18-26-52;1-5-17-45(18-6-1)49-29-37-53(38-30-49)63(54-39-31-50(32-40-54)46-19-7-2-8-20-46)61-59-27-15-13-25-57(59)58-26-14-16-28-60(58)62(61)64(55-41-33-51(34-42-55)47-21-9-3-10-22-47)56-43-35-52(36-44-56)48-23-11-4-12-24-48/h7-46H,5-6H2,1-4H3;1-44H. The lowest BCUT2D eigenvalue weighted by molar-refractivity contribution is 1.14. The molecular weight excluding hydrogens is 1620 g/mol. The van der Waals surface area contributed by atoms with Crippen LogP contribution < -0.4 is 19.6 Å². The lowest BCUT2D eigenvalue weighted by Gasteiger charge is -2.35. The minimum atomic E-state index is 1.02. The summed E-state index contributed by atoms with van der Waals surface area (Å²) in [5.74, 6) is 0. The van der Waals surface area contributed by atoms with Gasteiger partial charge in [-0.25, -0.2) is 0 Å². The Bertz CT molecular complexity index is 7240. The van der Waals surface area contributed by atoms with E-state index in [0.29, 0.717) is 0 Å². The Hall–Kier alpha value is -16.9. The van der Waals surface area contributed by atoms with Crippen LogP contribution in [-0.4, -0.2) is 0 Å². The van der Waals surface area contributed by atoms with Crippen LogP contribution in [0.15, 0.2) is 510 Å². The fraction of sp³-hybridized carbons (Fsp3) is 0.0462. The van der Waals surface area contributed by atoms with Crippen molar-refractivity contribution in [1.82, 2.24) is 0 Å². The normalized spacial score (nSPS) is 11.2. The molecule has 0 saturated heterocycles. The first-order valence-corrected chi connectivity index (χ1v) is 46.6. The molecule has 134 heavy (non-hydrogen) atoms. The Labute approximate surface area is 786 Å². The second-order valence-corrected chi connectivity index (χ2v) is 34.6. The summed E-state index contributed by atoms with van der Waals surface area (Å²) >= 11 is 0. The highest BCUT2D eigenvalue weighted by Gasteiger charge is 2.31. The van der Waals surface area contributed by atoms with Crippen molar-refractivity contribution in [3.05, 3.63) is 532 Å². The molecule has 4 nitrogen and oxygen atoms in total. The van der Waals surface area contributed by atoms with E-state index in [-0.39, 0.29) is 0 Å². The summed E-state index contributed by atoms with van der Waals surface area (Å²) in [4.78, 5) is 9.92. The number of fused-ring (bicyclic) bond motifs is 6. The second-order valence-electron chi connectivity index (χ2n) is 34.6. The van der Waals surface area contributed by atoms with Crippen molar-refractivity contribution in [2.75, 3.05) is 19.6 Å². The van der Waals surface area contributed by atoms with Gasteiger partial charge in [0, 0.05) is 67.0 Å². The monoisotopic (exact) mass is 1720 g/mol. The van der Waals surface area contributed by atoms with E-state index in [0.717, 1.165) is 103 Å². The van der Waals surface area contributed by atoms with Gasteiger partial charge in [-0.15, -0.1) is 0 Å². The molecule has 0 saturated carbocycles. The molecule has 0 bridgehead atoms. The maximum absolute atomic E-state index is 2.49. The van der Waals surface area contributed by atoms with Crippen molar-refractivity contribution in [3.63, 3.8) is 0 Å². The average molecular weight is 1720 g/mol. The zero-order valence-corrected chi connectivity index (χ0v) is 75.7. The van der Waals surface area contributed by atoms with Gasteiger partial charge in [-0.3, -0.25) is 0 Å². The predicted octanol–water partition coefficient (Wildman–Crippen LogP) is 36.9. The van der Waals surface area contributed by atoms with Gasteiger partial charge in [0.1, 0.15) is 0 Å². The van der Waals surface area contributed by atoms with Gasteiger partial charge in [0.25, 0.3) is 0 Å². The zero-order valence-electron chi connectivity index (χ0n) is 75.7. The molecular formula is C130H100N4. The molecule has 0 atom stereocenters. The van der Waals surface area contributed by atoms with Crippen LogP contribution in [0, 0.1) is 13.8 Å². The Kier molecular flexibility index (Phi) is 23.8. The molecule has 22 aromatic carbocycles. The smallest absolute Gasteiger partial charge is 0.0788 e. The topological polar surface area (TPSA) is 13.0 Å². The van der Waals surface area contributed by atoms with Crippen molar-refractivity contribution in [2.45, 2.75) is 40.5 Å². The van der Waals surface area contributed by atoms with Crippen LogP contribution in [0.1, 0.15) is 36.1 Å². The van der Waals surface area contributed by atoms with E-state index in [1.54, 1.807) is 0 Å². The van der Waals surface area contributed by atoms with Crippen molar-refractivity contribution in [2.24, 2.45) is 0 Å². The maximum atomic E-state index is 2.49. The highest BCUT2D eigenvalue weighted by molar-refractivity contribution is 6.25. The molecule has 0 aliphatic heterocycles. The van der Waals surface area contributed by atoms with Gasteiger partial charge in [0.2, 0.25) is 0 Å². The van der Waals surface area contributed by atoms with Gasteiger partial charge < -0.3 is 19.6 Å². The predicted molar refractivity (Wildman–Crippen MR) is 573 cm³/mol. The Morgan fingerprint density at radius 3 is 0.410 bits per heavy atom. The van der Waals surface area contributed by atoms with Gasteiger partial charge in [-0.1, -0.05) is 437 Å². The molecule has 0 spiro atoms. The van der Waals surface area contributed by atoms with Crippen LogP contribution in [0.25, 0.3) is 132 Å². The van der Waals surface area contributed by atoms with Crippen LogP contribution >= 0.6 is 0 Å². The molecule has 0 unspecified atom stereocenters. The number of benzene rings is 22. The van der Waals surface area contributed by atoms with Crippen LogP contribution in [0.5, 0.6) is 0 Å². The fourth-order valence-corrected chi connectivity index (χ4v) is 19.0. The Morgan fingerprint density at radius 2 is 0.254 bits per heavy atom. The molecule has 0 heterocycles. The van der Waals surface area contributed by atoms with Gasteiger partial charge in [-0.05, 0) is 245 Å². The molecule has 4 heteroatoms. The van der Waals surface area contributed by atoms with Gasteiger partial charge in [0.15, 0.2) is 0 Å². The summed E-state index contributed by atoms with van der Waals surface area (Å²) in [5, 5.41) is 9.42. The molecule has 0 fully saturated rings. The Morgan fingerprint density at radius 1 is 0.127 bits per heavy atom. The number of aryl methyl sites for hydroxylation is 4. The molecule has 0 amide bonds. The van der Waals surface area contributed by atoms with Crippen LogP contribution in [0.4, 0.5) is 68.2 Å². The first-order valence-electron chi connectivity index (χ1n) is 46.6. The molecule has 0 N–H and O–H groups in total. The van der Waals surface area contributed by atoms with E-state index in [1.807, 2.05) is 0 Å². The fourth-order valence-electron chi connectivity index (χ4n) is 19.0. The summed E-state index contributed by atoms with van der Waals surface area (Å²) in [6.45, 7) is 8.70. The van der Waals surface area contributed by atoms with Crippen LogP contribution in [0.3, 0.4) is 0 Å². The molecule has 0 aliphatic rings. The van der Waals surface area contributed by atoms with Crippen molar-refractivity contribution < 1.29 is 0 Å². The lowest BCUT2D eigenvalue weighted by Crippen LogP contribution is -2.18. The first kappa shape index (κ1) is 84.0. The average Bonchev–Trinajstić information content (AvgIpc) is 0.723. The summed E-state index contributed by atoms with van der Waals surface area (Å²) < 4.78 is 0. The molecule has 22 rings (SSSR count). The lowest BCUT2D eigenvalue weighted by atomic mass is 9.94. The van der Waals surface area contributed by atoms with Crippen LogP contribution in [-0.2, 0) is 12.8 Å². The summed E-state index contributed by atoms with van der Waals surface area (Å²) in [5.41, 5.74) is 37.1. The zero-order chi connectivity index (χ0) is 90.2. The number of hydrogen-bond acceptors (Lipinski definition) is 4. The van der Waals surface area contributed by atoms with E-state index >= 15 is 0 Å². The highest BCUT2D eigenvalue weighted by atomic mass is 15.2. The number of anilines is 12. The third kappa shape index (κ3) is 17.2. The molecule has 0 aromatic heterocycles. The SMILES string of the molecule is CCc1ccc(-c2ccc(N(c3ccc(-c4ccc(CC)cc4)cc3)c3c(N(c4ccc(-c5ccc(C)cc5)cc4)c4ccc(-c5ccc(C)cc5)cc4)c4ccccc4c4ccccc34)cc2)cc1.c1ccc(-c2ccc(N(c3ccc(-c4ccccc4)cc3)c3c(N(c4ccc(-c5ccccc5)cc4)c4ccc(-c5ccccc5)cc4)c4ccccc4c4ccccc34)cc2)cc1. The van der Waals surface area contributed by atoms with E-state index in [4.69, 9.17) is 0 Å². The summed E-state index contributed by atoms with van der Waals surface area (Å²) in [6, 6.07) is 187. The largest absolute Gasteiger partial charge is 0.308 e. The molecule has 0 radical (unpaired) electrons. The minimum Gasteiger partial charge on any atom is -0.308 e.